The van der Waals surface area contributed by atoms with Crippen molar-refractivity contribution >= 4 is 15.9 Å². The second-order valence-corrected chi connectivity index (χ2v) is 2.14. The van der Waals surface area contributed by atoms with E-state index in [2.05, 4.69) is 22.0 Å². The van der Waals surface area contributed by atoms with E-state index in [1.54, 1.807) is 0 Å². The summed E-state index contributed by atoms with van der Waals surface area (Å²) >= 11 is 3.28. The first kappa shape index (κ1) is 12.1. The van der Waals surface area contributed by atoms with Gasteiger partial charge in [-0.25, -0.2) is 0 Å². The van der Waals surface area contributed by atoms with Crippen LogP contribution in [-0.4, -0.2) is 0 Å². The first-order valence-electron chi connectivity index (χ1n) is 2.01. The summed E-state index contributed by atoms with van der Waals surface area (Å²) in [6.45, 7) is 0. The molecule has 48 valence electrons. The van der Waals surface area contributed by atoms with Crippen LogP contribution < -0.4 is 0 Å². The molecule has 0 unspecified atom stereocenters. The van der Waals surface area contributed by atoms with Gasteiger partial charge in [0.1, 0.15) is 0 Å². The molecule has 0 nitrogen and oxygen atoms in total. The molecule has 0 bridgehead atoms. The average Bonchev–Trinajstić information content (AvgIpc) is 1.69. The Morgan fingerprint density at radius 2 is 2.11 bits per heavy atom. The Morgan fingerprint density at radius 1 is 1.44 bits per heavy atom. The first-order valence-corrected chi connectivity index (χ1v) is 2.80. The van der Waals surface area contributed by atoms with E-state index in [9.17, 15) is 0 Å². The van der Waals surface area contributed by atoms with Crippen LogP contribution in [0.3, 0.4) is 0 Å². The van der Waals surface area contributed by atoms with Crippen LogP contribution in [0.5, 0.6) is 0 Å². The van der Waals surface area contributed by atoms with Crippen molar-refractivity contribution in [2.24, 2.45) is 0 Å². The molecule has 1 aromatic carbocycles. The molecule has 0 aliphatic carbocycles. The van der Waals surface area contributed by atoms with E-state index in [-0.39, 0.29) is 28.5 Å². The summed E-state index contributed by atoms with van der Waals surface area (Å²) in [5.41, 5.74) is 0. The van der Waals surface area contributed by atoms with Crippen LogP contribution >= 0.6 is 15.9 Å². The van der Waals surface area contributed by atoms with Crippen LogP contribution in [-0.2, 0) is 21.1 Å². The molecule has 2 heteroatoms. The Kier molecular flexibility index (Phi) is 8.75. The van der Waals surface area contributed by atoms with Crippen molar-refractivity contribution in [3.05, 3.63) is 42.2 Å². The summed E-state index contributed by atoms with van der Waals surface area (Å²) in [5.74, 6) is 0. The Morgan fingerprint density at radius 3 is 2.33 bits per heavy atom. The first-order chi connectivity index (χ1) is 3.39. The zero-order chi connectivity index (χ0) is 5.11. The molecule has 0 N–H and O–H groups in total. The van der Waals surface area contributed by atoms with Gasteiger partial charge in [0.15, 0.2) is 0 Å². The fraction of sp³-hybridized carbons (Fsp3) is 0. The standard InChI is InChI=1S/C6H4Br.CH3.W/c7-6-4-2-1-3-5-6;;/h1-2,4-5H;1H3;/q2*-1;+2. The van der Waals surface area contributed by atoms with Gasteiger partial charge in [0.2, 0.25) is 0 Å². The van der Waals surface area contributed by atoms with E-state index < -0.39 is 0 Å². The normalized spacial score (nSPS) is 6.78. The molecule has 1 rings (SSSR count). The number of hydrogen-bond acceptors (Lipinski definition) is 0. The Hall–Kier alpha value is 0.388. The number of rotatable bonds is 0. The molecule has 0 fully saturated rings. The van der Waals surface area contributed by atoms with E-state index in [1.807, 2.05) is 24.3 Å². The van der Waals surface area contributed by atoms with Gasteiger partial charge in [-0.1, -0.05) is 4.47 Å². The summed E-state index contributed by atoms with van der Waals surface area (Å²) in [6.07, 6.45) is 0. The van der Waals surface area contributed by atoms with Crippen molar-refractivity contribution in [1.82, 2.24) is 0 Å². The predicted octanol–water partition coefficient (Wildman–Crippen LogP) is 2.70. The summed E-state index contributed by atoms with van der Waals surface area (Å²) in [6, 6.07) is 10.6. The van der Waals surface area contributed by atoms with Crippen LogP contribution in [0, 0.1) is 13.5 Å². The molecule has 0 aliphatic heterocycles. The van der Waals surface area contributed by atoms with Crippen molar-refractivity contribution in [2.75, 3.05) is 0 Å². The van der Waals surface area contributed by atoms with Crippen molar-refractivity contribution in [3.63, 3.8) is 0 Å². The van der Waals surface area contributed by atoms with Crippen LogP contribution in [0.25, 0.3) is 0 Å². The second kappa shape index (κ2) is 6.51. The summed E-state index contributed by atoms with van der Waals surface area (Å²) in [5, 5.41) is 0. The van der Waals surface area contributed by atoms with E-state index in [0.717, 1.165) is 4.47 Å². The maximum atomic E-state index is 3.28. The smallest absolute Gasteiger partial charge is 0.358 e. The van der Waals surface area contributed by atoms with Crippen molar-refractivity contribution in [3.8, 4) is 0 Å². The fourth-order valence-electron chi connectivity index (χ4n) is 0.371. The molecule has 0 spiro atoms. The molecular formula is C7H7BrW. The minimum absolute atomic E-state index is 0. The van der Waals surface area contributed by atoms with Gasteiger partial charge in [-0.2, -0.15) is 30.3 Å². The maximum absolute atomic E-state index is 3.28. The van der Waals surface area contributed by atoms with Crippen LogP contribution in [0.4, 0.5) is 0 Å². The minimum Gasteiger partial charge on any atom is -0.358 e. The molecule has 0 aliphatic rings. The Labute approximate surface area is 79.1 Å². The van der Waals surface area contributed by atoms with Crippen LogP contribution in [0.15, 0.2) is 28.7 Å². The topological polar surface area (TPSA) is 0 Å². The third-order valence-electron chi connectivity index (χ3n) is 0.669. The molecular weight excluding hydrogens is 348 g/mol. The van der Waals surface area contributed by atoms with Gasteiger partial charge in [0, 0.05) is 0 Å². The summed E-state index contributed by atoms with van der Waals surface area (Å²) < 4.78 is 1.08. The van der Waals surface area contributed by atoms with E-state index in [0.29, 0.717) is 0 Å². The Bertz CT molecular complexity index is 139. The van der Waals surface area contributed by atoms with Gasteiger partial charge in [0.25, 0.3) is 0 Å². The number of benzene rings is 1. The molecule has 0 aromatic heterocycles. The van der Waals surface area contributed by atoms with Crippen molar-refractivity contribution < 1.29 is 21.1 Å². The molecule has 1 aromatic rings. The van der Waals surface area contributed by atoms with Gasteiger partial charge in [0.05, 0.1) is 0 Å². The van der Waals surface area contributed by atoms with Gasteiger partial charge in [-0.15, -0.1) is 15.9 Å². The third-order valence-corrected chi connectivity index (χ3v) is 1.16. The third kappa shape index (κ3) is 4.87. The SMILES string of the molecule is Brc1c[c-]ccc1.[CH3-].[W+2]. The molecule has 0 heterocycles. The fourth-order valence-corrected chi connectivity index (χ4v) is 0.656. The summed E-state index contributed by atoms with van der Waals surface area (Å²) in [4.78, 5) is 0. The molecule has 0 atom stereocenters. The van der Waals surface area contributed by atoms with Gasteiger partial charge >= 0.3 is 21.1 Å². The molecule has 0 amide bonds. The zero-order valence-electron chi connectivity index (χ0n) is 5.10. The molecule has 0 saturated heterocycles. The van der Waals surface area contributed by atoms with Gasteiger partial charge in [-0.05, 0) is 0 Å². The molecule has 0 radical (unpaired) electrons. The van der Waals surface area contributed by atoms with Crippen molar-refractivity contribution in [1.29, 1.82) is 0 Å². The quantitative estimate of drug-likeness (QED) is 0.628. The summed E-state index contributed by atoms with van der Waals surface area (Å²) in [7, 11) is 0. The zero-order valence-corrected chi connectivity index (χ0v) is 9.62. The minimum atomic E-state index is 0. The van der Waals surface area contributed by atoms with E-state index in [4.69, 9.17) is 0 Å². The van der Waals surface area contributed by atoms with E-state index >= 15 is 0 Å². The van der Waals surface area contributed by atoms with Gasteiger partial charge in [-0.3, -0.25) is 0 Å². The van der Waals surface area contributed by atoms with Crippen molar-refractivity contribution in [2.45, 2.75) is 0 Å². The molecule has 9 heavy (non-hydrogen) atoms. The number of hydrogen-bond donors (Lipinski definition) is 0. The predicted molar refractivity (Wildman–Crippen MR) is 39.4 cm³/mol. The maximum Gasteiger partial charge on any atom is 2.00 e. The second-order valence-electron chi connectivity index (χ2n) is 1.22. The monoisotopic (exact) mass is 354 g/mol. The molecule has 0 saturated carbocycles. The largest absolute Gasteiger partial charge is 2.00 e. The van der Waals surface area contributed by atoms with Crippen LogP contribution in [0.1, 0.15) is 0 Å². The van der Waals surface area contributed by atoms with Crippen LogP contribution in [0.2, 0.25) is 0 Å². The van der Waals surface area contributed by atoms with E-state index in [1.165, 1.54) is 0 Å². The van der Waals surface area contributed by atoms with Gasteiger partial charge < -0.3 is 7.43 Å². The number of halogens is 1. The average molecular weight is 355 g/mol. The Balaban J connectivity index is 0.